The molecule has 0 radical (unpaired) electrons. The van der Waals surface area contributed by atoms with Crippen LogP contribution in [0.3, 0.4) is 0 Å². The number of nitrogens with one attached hydrogen (secondary N) is 1. The van der Waals surface area contributed by atoms with Gasteiger partial charge < -0.3 is 41.6 Å². The number of phenols is 2. The van der Waals surface area contributed by atoms with Gasteiger partial charge in [-0.1, -0.05) is 0 Å². The highest BCUT2D eigenvalue weighted by molar-refractivity contribution is 5.99. The number of hydrogen-bond donors (Lipinski definition) is 6. The number of nitrogens with two attached hydrogens (primary N) is 2. The summed E-state index contributed by atoms with van der Waals surface area (Å²) in [4.78, 5) is 34.4. The van der Waals surface area contributed by atoms with Crippen LogP contribution < -0.4 is 26.3 Å². The van der Waals surface area contributed by atoms with Gasteiger partial charge in [-0.25, -0.2) is 4.98 Å². The summed E-state index contributed by atoms with van der Waals surface area (Å²) in [6.07, 6.45) is 2.37. The minimum Gasteiger partial charge on any atom is -0.504 e. The van der Waals surface area contributed by atoms with Gasteiger partial charge in [0.1, 0.15) is 35.3 Å². The zero-order chi connectivity index (χ0) is 29.5. The number of carbonyl (C=O) groups excluding carboxylic acids is 2. The molecule has 3 aromatic rings. The molecule has 214 valence electrons. The summed E-state index contributed by atoms with van der Waals surface area (Å²) in [6, 6.07) is 8.98. The number of benzene rings is 2. The number of pyridine rings is 1. The number of hydrogen-bond acceptors (Lipinski definition) is 10. The number of phenolic OH excluding ortho intramolecular Hbond substituents is 2. The van der Waals surface area contributed by atoms with E-state index in [1.807, 2.05) is 0 Å². The first-order chi connectivity index (χ1) is 19.5. The summed E-state index contributed by atoms with van der Waals surface area (Å²) in [6.45, 7) is 1.35. The number of amides is 2. The Morgan fingerprint density at radius 2 is 2.00 bits per heavy atom. The quantitative estimate of drug-likeness (QED) is 0.128. The lowest BCUT2D eigenvalue weighted by Gasteiger charge is -2.20. The number of aliphatic hydroxyl groups is 1. The number of methoxy groups -OCH3 is 1. The summed E-state index contributed by atoms with van der Waals surface area (Å²) in [5, 5.41) is 33.6. The molecule has 2 amide bonds. The van der Waals surface area contributed by atoms with E-state index in [0.29, 0.717) is 28.1 Å². The van der Waals surface area contributed by atoms with Crippen LogP contribution in [0, 0.1) is 0 Å². The molecule has 1 aromatic heterocycles. The molecule has 12 nitrogen and oxygen atoms in total. The number of aromatic nitrogens is 1. The van der Waals surface area contributed by atoms with Crippen LogP contribution in [-0.4, -0.2) is 64.6 Å². The van der Waals surface area contributed by atoms with Gasteiger partial charge in [-0.05, 0) is 56.2 Å². The first kappa shape index (κ1) is 27.7. The number of anilines is 1. The number of fused-ring (bicyclic) bond motifs is 1. The van der Waals surface area contributed by atoms with Crippen molar-refractivity contribution in [2.45, 2.75) is 37.3 Å². The van der Waals surface area contributed by atoms with Crippen LogP contribution in [0.15, 0.2) is 41.4 Å². The number of nitrogens with zero attached hydrogens (tertiary/aromatic N) is 2. The maximum Gasteiger partial charge on any atom is 0.251 e. The van der Waals surface area contributed by atoms with Crippen LogP contribution in [0.2, 0.25) is 0 Å². The van der Waals surface area contributed by atoms with Crippen LogP contribution in [-0.2, 0) is 10.2 Å². The van der Waals surface area contributed by atoms with Crippen molar-refractivity contribution in [1.29, 1.82) is 0 Å². The van der Waals surface area contributed by atoms with Crippen LogP contribution in [0.25, 0.3) is 11.3 Å². The number of carbonyl (C=O) groups is 2. The molecule has 0 spiro atoms. The van der Waals surface area contributed by atoms with Gasteiger partial charge in [0, 0.05) is 35.0 Å². The van der Waals surface area contributed by atoms with Gasteiger partial charge in [0.05, 0.1) is 24.5 Å². The normalized spacial score (nSPS) is 18.5. The average molecular weight is 562 g/mol. The number of ether oxygens (including phenoxy) is 2. The van der Waals surface area contributed by atoms with E-state index in [1.165, 1.54) is 37.4 Å². The molecular weight excluding hydrogens is 530 g/mol. The molecule has 2 aliphatic rings. The van der Waals surface area contributed by atoms with Gasteiger partial charge >= 0.3 is 0 Å². The second kappa shape index (κ2) is 10.6. The highest BCUT2D eigenvalue weighted by Crippen LogP contribution is 2.46. The Kier molecular flexibility index (Phi) is 7.18. The Morgan fingerprint density at radius 1 is 1.24 bits per heavy atom. The van der Waals surface area contributed by atoms with E-state index in [2.05, 4.69) is 15.3 Å². The molecule has 2 atom stereocenters. The Labute approximate surface area is 235 Å². The number of primary amides is 1. The van der Waals surface area contributed by atoms with Crippen molar-refractivity contribution in [1.82, 2.24) is 10.3 Å². The summed E-state index contributed by atoms with van der Waals surface area (Å²) < 4.78 is 11.1. The summed E-state index contributed by atoms with van der Waals surface area (Å²) in [5.74, 6) is -1.23. The third-order valence-electron chi connectivity index (χ3n) is 7.31. The van der Waals surface area contributed by atoms with Crippen LogP contribution >= 0.6 is 0 Å². The first-order valence-electron chi connectivity index (χ1n) is 13.0. The Morgan fingerprint density at radius 3 is 2.66 bits per heavy atom. The highest BCUT2D eigenvalue weighted by atomic mass is 16.5. The molecule has 41 heavy (non-hydrogen) atoms. The predicted molar refractivity (Wildman–Crippen MR) is 150 cm³/mol. The fourth-order valence-electron chi connectivity index (χ4n) is 4.50. The maximum atomic E-state index is 13.1. The fourth-order valence-corrected chi connectivity index (χ4v) is 4.50. The SMILES string of the molecule is COc1cc(C(=O)NCC(O)c2cc3c(c(-c4ccc(O)c(O)c4)n2)OC[C@]3(C)C(N)=O)cc(C=NC2CC2)c1N. The van der Waals surface area contributed by atoms with Crippen molar-refractivity contribution in [2.24, 2.45) is 10.7 Å². The Hall–Kier alpha value is -4.84. The van der Waals surface area contributed by atoms with Crippen LogP contribution in [0.4, 0.5) is 5.69 Å². The zero-order valence-electron chi connectivity index (χ0n) is 22.5. The molecule has 1 unspecified atom stereocenters. The minimum absolute atomic E-state index is 0.0436. The van der Waals surface area contributed by atoms with Crippen LogP contribution in [0.1, 0.15) is 53.0 Å². The third kappa shape index (κ3) is 5.33. The number of aromatic hydroxyl groups is 2. The zero-order valence-corrected chi connectivity index (χ0v) is 22.5. The topological polar surface area (TPSA) is 203 Å². The minimum atomic E-state index is -1.29. The van der Waals surface area contributed by atoms with Crippen LogP contribution in [0.5, 0.6) is 23.0 Å². The van der Waals surface area contributed by atoms with Crippen molar-refractivity contribution in [3.63, 3.8) is 0 Å². The van der Waals surface area contributed by atoms with E-state index < -0.39 is 23.3 Å². The van der Waals surface area contributed by atoms with Crippen molar-refractivity contribution in [3.05, 3.63) is 58.8 Å². The lowest BCUT2D eigenvalue weighted by molar-refractivity contribution is -0.123. The molecule has 12 heteroatoms. The van der Waals surface area contributed by atoms with Gasteiger partial charge in [-0.15, -0.1) is 0 Å². The molecule has 1 fully saturated rings. The van der Waals surface area contributed by atoms with Gasteiger partial charge in [-0.3, -0.25) is 14.6 Å². The molecular formula is C29H31N5O7. The van der Waals surface area contributed by atoms with E-state index in [1.54, 1.807) is 19.2 Å². The average Bonchev–Trinajstić information content (AvgIpc) is 3.73. The number of aliphatic imine (C=N–C) groups is 1. The molecule has 2 heterocycles. The van der Waals surface area contributed by atoms with Crippen molar-refractivity contribution in [3.8, 4) is 34.3 Å². The van der Waals surface area contributed by atoms with E-state index in [4.69, 9.17) is 20.9 Å². The molecule has 1 aliphatic heterocycles. The third-order valence-corrected chi connectivity index (χ3v) is 7.31. The largest absolute Gasteiger partial charge is 0.504 e. The highest BCUT2D eigenvalue weighted by Gasteiger charge is 2.44. The van der Waals surface area contributed by atoms with Gasteiger partial charge in [0.15, 0.2) is 11.5 Å². The Bertz CT molecular complexity index is 1570. The van der Waals surface area contributed by atoms with E-state index in [0.717, 1.165) is 12.8 Å². The standard InChI is InChI=1S/C29H31N5O7/c1-29(28(31)39)13-41-26-18(29)10-19(34-25(26)14-3-6-20(35)21(36)8-14)22(37)12-33-27(38)15-7-16(11-32-17-4-5-17)24(30)23(9-15)40-2/h3,6-11,17,22,35-37H,4-5,12-13,30H2,1-2H3,(H2,31,39)(H,33,38)/t22?,29-/m0/s1. The van der Waals surface area contributed by atoms with Gasteiger partial charge in [0.25, 0.3) is 5.91 Å². The smallest absolute Gasteiger partial charge is 0.251 e. The molecule has 1 saturated carbocycles. The predicted octanol–water partition coefficient (Wildman–Crippen LogP) is 1.93. The van der Waals surface area contributed by atoms with E-state index >= 15 is 0 Å². The molecule has 5 rings (SSSR count). The molecule has 2 aromatic carbocycles. The van der Waals surface area contributed by atoms with E-state index in [-0.39, 0.29) is 53.4 Å². The lowest BCUT2D eigenvalue weighted by atomic mass is 9.83. The maximum absolute atomic E-state index is 13.1. The second-order valence-corrected chi connectivity index (χ2v) is 10.4. The van der Waals surface area contributed by atoms with Gasteiger partial charge in [-0.2, -0.15) is 0 Å². The molecule has 1 aliphatic carbocycles. The molecule has 0 bridgehead atoms. The van der Waals surface area contributed by atoms with E-state index in [9.17, 15) is 24.9 Å². The first-order valence-corrected chi connectivity index (χ1v) is 13.0. The lowest BCUT2D eigenvalue weighted by Crippen LogP contribution is -2.40. The summed E-state index contributed by atoms with van der Waals surface area (Å²) in [7, 11) is 1.45. The van der Waals surface area contributed by atoms with Gasteiger partial charge in [0.2, 0.25) is 5.91 Å². The number of aliphatic hydroxyl groups excluding tert-OH is 1. The Balaban J connectivity index is 1.43. The molecule has 0 saturated heterocycles. The van der Waals surface area contributed by atoms with Crippen molar-refractivity contribution < 1.29 is 34.4 Å². The fraction of sp³-hybridized carbons (Fsp3) is 0.310. The number of nitrogen functional groups attached to an aromatic ring is 1. The van der Waals surface area contributed by atoms with Crippen molar-refractivity contribution in [2.75, 3.05) is 26.0 Å². The van der Waals surface area contributed by atoms with Crippen molar-refractivity contribution >= 4 is 23.7 Å². The summed E-state index contributed by atoms with van der Waals surface area (Å²) in [5.41, 5.74) is 13.0. The number of rotatable bonds is 9. The second-order valence-electron chi connectivity index (χ2n) is 10.4. The monoisotopic (exact) mass is 561 g/mol. The summed E-state index contributed by atoms with van der Waals surface area (Å²) >= 11 is 0. The molecule has 8 N–H and O–H groups in total.